The predicted molar refractivity (Wildman–Crippen MR) is 96.8 cm³/mol. The molecule has 0 spiro atoms. The average Bonchev–Trinajstić information content (AvgIpc) is 3.25. The summed E-state index contributed by atoms with van der Waals surface area (Å²) in [6.45, 7) is 1.53. The highest BCUT2D eigenvalue weighted by Gasteiger charge is 2.39. The number of amides is 1. The number of fused-ring (bicyclic) bond motifs is 1. The zero-order chi connectivity index (χ0) is 19.2. The molecule has 1 amide bonds. The SMILES string of the molecule is O=C(O)[C@H]1CCCN1C(=O)C1CCN(C2=NS(=O)(=O)c3ccccc32)CC1. The van der Waals surface area contributed by atoms with Crippen LogP contribution in [0, 0.1) is 5.92 Å². The topological polar surface area (TPSA) is 107 Å². The van der Waals surface area contributed by atoms with Gasteiger partial charge >= 0.3 is 5.97 Å². The predicted octanol–water partition coefficient (Wildman–Crippen LogP) is 0.923. The summed E-state index contributed by atoms with van der Waals surface area (Å²) in [5.74, 6) is -0.822. The van der Waals surface area contributed by atoms with Crippen LogP contribution in [0.4, 0.5) is 0 Å². The van der Waals surface area contributed by atoms with Crippen molar-refractivity contribution in [3.8, 4) is 0 Å². The van der Waals surface area contributed by atoms with Crippen LogP contribution in [-0.4, -0.2) is 66.7 Å². The summed E-state index contributed by atoms with van der Waals surface area (Å²) >= 11 is 0. The third kappa shape index (κ3) is 3.09. The molecule has 3 heterocycles. The normalized spacial score (nSPS) is 24.6. The van der Waals surface area contributed by atoms with Crippen molar-refractivity contribution in [2.45, 2.75) is 36.6 Å². The number of sulfonamides is 1. The second-order valence-corrected chi connectivity index (χ2v) is 8.75. The number of piperidine rings is 1. The number of benzene rings is 1. The van der Waals surface area contributed by atoms with Gasteiger partial charge < -0.3 is 14.9 Å². The number of hydrogen-bond donors (Lipinski definition) is 1. The number of aliphatic carboxylic acids is 1. The highest BCUT2D eigenvalue weighted by molar-refractivity contribution is 7.90. The summed E-state index contributed by atoms with van der Waals surface area (Å²) < 4.78 is 28.4. The number of carboxylic acids is 1. The standard InChI is InChI=1S/C18H21N3O5S/c22-17(21-9-3-5-14(21)18(23)24)12-7-10-20(11-8-12)16-13-4-1-2-6-15(13)27(25,26)19-16/h1-2,4,6,12,14H,3,5,7-11H2,(H,23,24)/t14-/m1/s1. The van der Waals surface area contributed by atoms with Crippen LogP contribution in [0.3, 0.4) is 0 Å². The first-order valence-corrected chi connectivity index (χ1v) is 10.5. The Labute approximate surface area is 157 Å². The zero-order valence-electron chi connectivity index (χ0n) is 14.7. The Hall–Kier alpha value is -2.42. The van der Waals surface area contributed by atoms with E-state index in [2.05, 4.69) is 4.40 Å². The minimum atomic E-state index is -3.66. The third-order valence-corrected chi connectivity index (χ3v) is 6.90. The molecule has 9 heteroatoms. The van der Waals surface area contributed by atoms with Crippen molar-refractivity contribution in [2.24, 2.45) is 10.3 Å². The molecule has 3 aliphatic heterocycles. The molecule has 0 unspecified atom stereocenters. The van der Waals surface area contributed by atoms with Crippen LogP contribution in [0.2, 0.25) is 0 Å². The van der Waals surface area contributed by atoms with Gasteiger partial charge in [-0.25, -0.2) is 4.79 Å². The van der Waals surface area contributed by atoms with Crippen molar-refractivity contribution in [2.75, 3.05) is 19.6 Å². The Morgan fingerprint density at radius 1 is 1.07 bits per heavy atom. The molecule has 2 saturated heterocycles. The number of hydrogen-bond acceptors (Lipinski definition) is 5. The molecule has 1 N–H and O–H groups in total. The van der Waals surface area contributed by atoms with E-state index in [0.29, 0.717) is 56.7 Å². The summed E-state index contributed by atoms with van der Waals surface area (Å²) in [5, 5.41) is 9.28. The Kier molecular flexibility index (Phi) is 4.41. The van der Waals surface area contributed by atoms with Crippen LogP contribution >= 0.6 is 0 Å². The van der Waals surface area contributed by atoms with Crippen molar-refractivity contribution in [3.05, 3.63) is 29.8 Å². The second-order valence-electron chi connectivity index (χ2n) is 7.18. The van der Waals surface area contributed by atoms with Crippen molar-refractivity contribution < 1.29 is 23.1 Å². The highest BCUT2D eigenvalue weighted by atomic mass is 32.2. The Morgan fingerprint density at radius 2 is 1.78 bits per heavy atom. The average molecular weight is 391 g/mol. The van der Waals surface area contributed by atoms with Crippen molar-refractivity contribution in [1.82, 2.24) is 9.80 Å². The van der Waals surface area contributed by atoms with Gasteiger partial charge in [-0.05, 0) is 37.8 Å². The monoisotopic (exact) mass is 391 g/mol. The van der Waals surface area contributed by atoms with E-state index in [9.17, 15) is 23.1 Å². The number of amidine groups is 1. The number of nitrogens with zero attached hydrogens (tertiary/aromatic N) is 3. The first-order valence-electron chi connectivity index (χ1n) is 9.11. The van der Waals surface area contributed by atoms with Crippen molar-refractivity contribution in [3.63, 3.8) is 0 Å². The summed E-state index contributed by atoms with van der Waals surface area (Å²) in [4.78, 5) is 27.7. The van der Waals surface area contributed by atoms with Crippen LogP contribution < -0.4 is 0 Å². The van der Waals surface area contributed by atoms with Gasteiger partial charge in [-0.1, -0.05) is 12.1 Å². The molecule has 0 bridgehead atoms. The second kappa shape index (κ2) is 6.63. The number of carboxylic acid groups (broad SMARTS) is 1. The van der Waals surface area contributed by atoms with E-state index in [-0.39, 0.29) is 16.7 Å². The molecule has 3 aliphatic rings. The largest absolute Gasteiger partial charge is 0.480 e. The van der Waals surface area contributed by atoms with Crippen LogP contribution in [0.15, 0.2) is 33.6 Å². The van der Waals surface area contributed by atoms with E-state index in [1.165, 1.54) is 4.90 Å². The van der Waals surface area contributed by atoms with Gasteiger partial charge in [0.1, 0.15) is 10.9 Å². The summed E-state index contributed by atoms with van der Waals surface area (Å²) in [6, 6.07) is 6.04. The quantitative estimate of drug-likeness (QED) is 0.803. The van der Waals surface area contributed by atoms with E-state index in [4.69, 9.17) is 0 Å². The lowest BCUT2D eigenvalue weighted by molar-refractivity contribution is -0.150. The minimum absolute atomic E-state index is 0.0964. The van der Waals surface area contributed by atoms with Crippen LogP contribution in [0.25, 0.3) is 0 Å². The third-order valence-electron chi connectivity index (χ3n) is 5.58. The fourth-order valence-electron chi connectivity index (χ4n) is 4.18. The molecule has 0 aromatic heterocycles. The van der Waals surface area contributed by atoms with Gasteiger partial charge in [-0.3, -0.25) is 4.79 Å². The molecule has 0 saturated carbocycles. The summed E-state index contributed by atoms with van der Waals surface area (Å²) in [5.41, 5.74) is 0.604. The van der Waals surface area contributed by atoms with E-state index in [1.54, 1.807) is 24.3 Å². The summed E-state index contributed by atoms with van der Waals surface area (Å²) in [6.07, 6.45) is 2.34. The fourth-order valence-corrected chi connectivity index (χ4v) is 5.40. The van der Waals surface area contributed by atoms with Crippen LogP contribution in [0.1, 0.15) is 31.2 Å². The zero-order valence-corrected chi connectivity index (χ0v) is 15.6. The smallest absolute Gasteiger partial charge is 0.326 e. The van der Waals surface area contributed by atoms with E-state index in [0.717, 1.165) is 0 Å². The number of rotatable bonds is 2. The lowest BCUT2D eigenvalue weighted by Gasteiger charge is -2.35. The number of likely N-dealkylation sites (tertiary alicyclic amines) is 2. The lowest BCUT2D eigenvalue weighted by Crippen LogP contribution is -2.47. The maximum atomic E-state index is 12.8. The maximum absolute atomic E-state index is 12.8. The minimum Gasteiger partial charge on any atom is -0.480 e. The molecule has 27 heavy (non-hydrogen) atoms. The van der Waals surface area contributed by atoms with Gasteiger partial charge in [0.15, 0.2) is 5.84 Å². The molecule has 1 atom stereocenters. The number of carbonyl (C=O) groups excluding carboxylic acids is 1. The Balaban J connectivity index is 1.46. The van der Waals surface area contributed by atoms with E-state index in [1.807, 2.05) is 4.90 Å². The van der Waals surface area contributed by atoms with Gasteiger partial charge in [0, 0.05) is 31.1 Å². The molecule has 2 fully saturated rings. The molecular formula is C18H21N3O5S. The van der Waals surface area contributed by atoms with Gasteiger partial charge in [0.25, 0.3) is 10.0 Å². The van der Waals surface area contributed by atoms with Crippen LogP contribution in [-0.2, 0) is 19.6 Å². The Bertz CT molecular complexity index is 919. The fraction of sp³-hybridized carbons (Fsp3) is 0.500. The summed E-state index contributed by atoms with van der Waals surface area (Å²) in [7, 11) is -3.66. The number of carbonyl (C=O) groups is 2. The first kappa shape index (κ1) is 18.0. The van der Waals surface area contributed by atoms with Gasteiger partial charge in [-0.15, -0.1) is 4.40 Å². The molecule has 1 aromatic rings. The van der Waals surface area contributed by atoms with Gasteiger partial charge in [0.2, 0.25) is 5.91 Å². The first-order chi connectivity index (χ1) is 12.9. The molecular weight excluding hydrogens is 370 g/mol. The Morgan fingerprint density at radius 3 is 2.48 bits per heavy atom. The van der Waals surface area contributed by atoms with E-state index < -0.39 is 22.0 Å². The molecule has 1 aromatic carbocycles. The molecule has 8 nitrogen and oxygen atoms in total. The molecule has 4 rings (SSSR count). The van der Waals surface area contributed by atoms with Crippen molar-refractivity contribution in [1.29, 1.82) is 0 Å². The lowest BCUT2D eigenvalue weighted by atomic mass is 9.94. The molecule has 0 aliphatic carbocycles. The molecule has 0 radical (unpaired) electrons. The maximum Gasteiger partial charge on any atom is 0.326 e. The molecule has 144 valence electrons. The van der Waals surface area contributed by atoms with Crippen LogP contribution in [0.5, 0.6) is 0 Å². The van der Waals surface area contributed by atoms with Crippen molar-refractivity contribution >= 4 is 27.7 Å². The van der Waals surface area contributed by atoms with Gasteiger partial charge in [0.05, 0.1) is 0 Å². The van der Waals surface area contributed by atoms with E-state index >= 15 is 0 Å². The highest BCUT2D eigenvalue weighted by Crippen LogP contribution is 2.31. The van der Waals surface area contributed by atoms with Gasteiger partial charge in [-0.2, -0.15) is 8.42 Å².